The first kappa shape index (κ1) is 17.8. The number of methoxy groups -OCH3 is 1. The molecule has 0 saturated heterocycles. The number of allylic oxidation sites excluding steroid dienone is 1. The first-order valence-corrected chi connectivity index (χ1v) is 8.70. The number of aryl methyl sites for hydroxylation is 2. The van der Waals surface area contributed by atoms with Crippen LogP contribution in [-0.4, -0.2) is 17.1 Å². The third-order valence-corrected chi connectivity index (χ3v) is 4.55. The van der Waals surface area contributed by atoms with Crippen LogP contribution in [0.25, 0.3) is 22.7 Å². The Morgan fingerprint density at radius 2 is 2.00 bits per heavy atom. The van der Waals surface area contributed by atoms with Gasteiger partial charge in [0.2, 0.25) is 0 Å². The zero-order valence-corrected chi connectivity index (χ0v) is 15.8. The predicted molar refractivity (Wildman–Crippen MR) is 106 cm³/mol. The summed E-state index contributed by atoms with van der Waals surface area (Å²) in [5.74, 6) is 1.80. The van der Waals surface area contributed by atoms with E-state index < -0.39 is 0 Å². The molecule has 0 fully saturated rings. The molecule has 2 aromatic carbocycles. The minimum atomic E-state index is 0.331. The fraction of sp³-hybridized carbons (Fsp3) is 0.273. The quantitative estimate of drug-likeness (QED) is 0.646. The van der Waals surface area contributed by atoms with Crippen LogP contribution < -0.4 is 4.74 Å². The number of rotatable bonds is 4. The lowest BCUT2D eigenvalue weighted by atomic mass is 9.95. The smallest absolute Gasteiger partial charge is 0.149 e. The Hall–Kier alpha value is -3.06. The van der Waals surface area contributed by atoms with E-state index in [1.165, 1.54) is 0 Å². The average molecular weight is 345 g/mol. The predicted octanol–water partition coefficient (Wildman–Crippen LogP) is 5.38. The molecule has 0 radical (unpaired) electrons. The van der Waals surface area contributed by atoms with Crippen molar-refractivity contribution < 1.29 is 4.74 Å². The van der Waals surface area contributed by atoms with Crippen molar-refractivity contribution in [1.29, 1.82) is 5.26 Å². The van der Waals surface area contributed by atoms with E-state index in [2.05, 4.69) is 36.0 Å². The number of H-pyrrole nitrogens is 1. The van der Waals surface area contributed by atoms with Crippen molar-refractivity contribution in [1.82, 2.24) is 9.97 Å². The normalized spacial score (nSPS) is 11.8. The number of fused-ring (bicyclic) bond motifs is 1. The second-order valence-electron chi connectivity index (χ2n) is 6.88. The lowest BCUT2D eigenvalue weighted by Crippen LogP contribution is -1.97. The van der Waals surface area contributed by atoms with E-state index >= 15 is 0 Å². The van der Waals surface area contributed by atoms with Crippen LogP contribution in [0.5, 0.6) is 5.75 Å². The van der Waals surface area contributed by atoms with Crippen molar-refractivity contribution >= 4 is 22.7 Å². The molecule has 0 saturated carbocycles. The average Bonchev–Trinajstić information content (AvgIpc) is 3.02. The van der Waals surface area contributed by atoms with E-state index in [9.17, 15) is 5.26 Å². The Kier molecular flexibility index (Phi) is 4.81. The van der Waals surface area contributed by atoms with Crippen molar-refractivity contribution in [2.24, 2.45) is 0 Å². The van der Waals surface area contributed by atoms with Crippen molar-refractivity contribution in [3.05, 3.63) is 58.4 Å². The SMILES string of the molecule is COc1cc(C)c(/C=C(/C#N)c2nc3ccc(C)cc3[nH]2)cc1C(C)C. The Morgan fingerprint density at radius 1 is 1.23 bits per heavy atom. The fourth-order valence-corrected chi connectivity index (χ4v) is 3.06. The third kappa shape index (κ3) is 3.34. The van der Waals surface area contributed by atoms with E-state index in [0.29, 0.717) is 17.3 Å². The van der Waals surface area contributed by atoms with E-state index in [1.807, 2.05) is 44.2 Å². The van der Waals surface area contributed by atoms with Crippen LogP contribution in [0.4, 0.5) is 0 Å². The molecule has 0 aliphatic rings. The van der Waals surface area contributed by atoms with E-state index in [-0.39, 0.29) is 0 Å². The molecule has 0 aliphatic heterocycles. The van der Waals surface area contributed by atoms with Crippen molar-refractivity contribution in [3.8, 4) is 11.8 Å². The molecule has 0 amide bonds. The van der Waals surface area contributed by atoms with Crippen molar-refractivity contribution in [2.75, 3.05) is 7.11 Å². The summed E-state index contributed by atoms with van der Waals surface area (Å²) in [6, 6.07) is 12.4. The van der Waals surface area contributed by atoms with Gasteiger partial charge in [0.15, 0.2) is 0 Å². The van der Waals surface area contributed by atoms with Gasteiger partial charge in [0.25, 0.3) is 0 Å². The van der Waals surface area contributed by atoms with Crippen LogP contribution in [0.3, 0.4) is 0 Å². The summed E-state index contributed by atoms with van der Waals surface area (Å²) in [4.78, 5) is 7.83. The summed E-state index contributed by atoms with van der Waals surface area (Å²) in [5.41, 5.74) is 6.66. The van der Waals surface area contributed by atoms with Crippen molar-refractivity contribution in [2.45, 2.75) is 33.6 Å². The van der Waals surface area contributed by atoms with Gasteiger partial charge in [0, 0.05) is 0 Å². The molecule has 0 bridgehead atoms. The molecule has 0 aliphatic carbocycles. The summed E-state index contributed by atoms with van der Waals surface area (Å²) < 4.78 is 5.51. The first-order chi connectivity index (χ1) is 12.4. The third-order valence-electron chi connectivity index (χ3n) is 4.55. The number of aromatic nitrogens is 2. The monoisotopic (exact) mass is 345 g/mol. The van der Waals surface area contributed by atoms with Crippen LogP contribution in [-0.2, 0) is 0 Å². The summed E-state index contributed by atoms with van der Waals surface area (Å²) >= 11 is 0. The molecule has 3 aromatic rings. The van der Waals surface area contributed by atoms with Gasteiger partial charge in [-0.05, 0) is 72.4 Å². The largest absolute Gasteiger partial charge is 0.496 e. The van der Waals surface area contributed by atoms with Gasteiger partial charge in [-0.3, -0.25) is 0 Å². The Labute approximate surface area is 154 Å². The van der Waals surface area contributed by atoms with E-state index in [0.717, 1.165) is 39.0 Å². The summed E-state index contributed by atoms with van der Waals surface area (Å²) in [6.45, 7) is 8.32. The fourth-order valence-electron chi connectivity index (χ4n) is 3.06. The first-order valence-electron chi connectivity index (χ1n) is 8.70. The molecule has 4 heteroatoms. The maximum atomic E-state index is 9.69. The zero-order valence-electron chi connectivity index (χ0n) is 15.8. The number of ether oxygens (including phenoxy) is 1. The van der Waals surface area contributed by atoms with Gasteiger partial charge >= 0.3 is 0 Å². The Balaban J connectivity index is 2.11. The number of aromatic amines is 1. The standard InChI is InChI=1S/C22H23N3O/c1-13(2)18-11-16(15(4)9-21(18)26-5)10-17(12-23)22-24-19-7-6-14(3)8-20(19)25-22/h6-11,13H,1-5H3,(H,24,25)/b17-10-. The minimum Gasteiger partial charge on any atom is -0.496 e. The molecule has 132 valence electrons. The number of hydrogen-bond donors (Lipinski definition) is 1. The maximum Gasteiger partial charge on any atom is 0.149 e. The number of imidazole rings is 1. The number of nitrogens with zero attached hydrogens (tertiary/aromatic N) is 2. The Bertz CT molecular complexity index is 1040. The van der Waals surface area contributed by atoms with Gasteiger partial charge in [-0.1, -0.05) is 19.9 Å². The van der Waals surface area contributed by atoms with Crippen LogP contribution in [0.15, 0.2) is 30.3 Å². The summed E-state index contributed by atoms with van der Waals surface area (Å²) in [7, 11) is 1.69. The molecular weight excluding hydrogens is 322 g/mol. The van der Waals surface area contributed by atoms with Gasteiger partial charge in [-0.15, -0.1) is 0 Å². The molecule has 0 spiro atoms. The highest BCUT2D eigenvalue weighted by atomic mass is 16.5. The number of nitriles is 1. The van der Waals surface area contributed by atoms with Crippen molar-refractivity contribution in [3.63, 3.8) is 0 Å². The Morgan fingerprint density at radius 3 is 2.65 bits per heavy atom. The molecule has 0 atom stereocenters. The molecule has 1 aromatic heterocycles. The lowest BCUT2D eigenvalue weighted by Gasteiger charge is -2.14. The van der Waals surface area contributed by atoms with Gasteiger partial charge in [0.05, 0.1) is 23.7 Å². The second kappa shape index (κ2) is 7.05. The van der Waals surface area contributed by atoms with E-state index in [1.54, 1.807) is 7.11 Å². The highest BCUT2D eigenvalue weighted by Gasteiger charge is 2.13. The van der Waals surface area contributed by atoms with Crippen LogP contribution >= 0.6 is 0 Å². The van der Waals surface area contributed by atoms with E-state index in [4.69, 9.17) is 4.74 Å². The summed E-state index contributed by atoms with van der Waals surface area (Å²) in [6.07, 6.45) is 1.89. The highest BCUT2D eigenvalue weighted by molar-refractivity contribution is 5.91. The van der Waals surface area contributed by atoms with Gasteiger partial charge in [-0.25, -0.2) is 4.98 Å². The molecule has 4 nitrogen and oxygen atoms in total. The van der Waals surface area contributed by atoms with Gasteiger partial charge in [-0.2, -0.15) is 5.26 Å². The number of hydrogen-bond acceptors (Lipinski definition) is 3. The highest BCUT2D eigenvalue weighted by Crippen LogP contribution is 2.31. The zero-order chi connectivity index (χ0) is 18.8. The van der Waals surface area contributed by atoms with Gasteiger partial charge < -0.3 is 9.72 Å². The molecule has 3 rings (SSSR count). The van der Waals surface area contributed by atoms with Crippen LogP contribution in [0.1, 0.15) is 47.8 Å². The maximum absolute atomic E-state index is 9.69. The number of nitrogens with one attached hydrogen (secondary N) is 1. The topological polar surface area (TPSA) is 61.7 Å². The second-order valence-corrected chi connectivity index (χ2v) is 6.88. The molecule has 1 heterocycles. The summed E-state index contributed by atoms with van der Waals surface area (Å²) in [5, 5.41) is 9.69. The molecule has 0 unspecified atom stereocenters. The number of benzene rings is 2. The van der Waals surface area contributed by atoms with Gasteiger partial charge in [0.1, 0.15) is 17.6 Å². The van der Waals surface area contributed by atoms with Crippen LogP contribution in [0.2, 0.25) is 0 Å². The minimum absolute atomic E-state index is 0.331. The van der Waals surface area contributed by atoms with Crippen LogP contribution in [0, 0.1) is 25.2 Å². The molecule has 26 heavy (non-hydrogen) atoms. The molecule has 1 N–H and O–H groups in total. The lowest BCUT2D eigenvalue weighted by molar-refractivity contribution is 0.407. The molecular formula is C22H23N3O.